The van der Waals surface area contributed by atoms with Crippen LogP contribution >= 0.6 is 0 Å². The Balaban J connectivity index is 1.84. The molecule has 0 spiro atoms. The van der Waals surface area contributed by atoms with Gasteiger partial charge in [-0.1, -0.05) is 0 Å². The van der Waals surface area contributed by atoms with Crippen molar-refractivity contribution in [3.8, 4) is 0 Å². The SMILES string of the molecule is Cc1cn(C)c(NCC2COCCO2)n1. The number of aromatic nitrogens is 2. The molecular formula is C10H17N3O2. The van der Waals surface area contributed by atoms with Gasteiger partial charge in [-0.25, -0.2) is 4.98 Å². The van der Waals surface area contributed by atoms with Gasteiger partial charge in [-0.05, 0) is 6.92 Å². The van der Waals surface area contributed by atoms with Gasteiger partial charge in [0, 0.05) is 19.8 Å². The van der Waals surface area contributed by atoms with Crippen molar-refractivity contribution in [2.24, 2.45) is 7.05 Å². The highest BCUT2D eigenvalue weighted by Crippen LogP contribution is 2.07. The van der Waals surface area contributed by atoms with Gasteiger partial charge in [0.25, 0.3) is 0 Å². The lowest BCUT2D eigenvalue weighted by Crippen LogP contribution is -2.34. The zero-order valence-corrected chi connectivity index (χ0v) is 9.19. The molecule has 1 unspecified atom stereocenters. The normalized spacial score (nSPS) is 21.6. The van der Waals surface area contributed by atoms with Crippen molar-refractivity contribution >= 4 is 5.95 Å². The lowest BCUT2D eigenvalue weighted by atomic mass is 10.3. The van der Waals surface area contributed by atoms with Crippen molar-refractivity contribution in [3.63, 3.8) is 0 Å². The summed E-state index contributed by atoms with van der Waals surface area (Å²) < 4.78 is 12.8. The molecule has 0 aliphatic carbocycles. The van der Waals surface area contributed by atoms with Crippen LogP contribution in [0.5, 0.6) is 0 Å². The van der Waals surface area contributed by atoms with Crippen LogP contribution in [0, 0.1) is 6.92 Å². The van der Waals surface area contributed by atoms with E-state index in [2.05, 4.69) is 10.3 Å². The molecule has 5 heteroatoms. The predicted octanol–water partition coefficient (Wildman–Crippen LogP) is 0.556. The van der Waals surface area contributed by atoms with Gasteiger partial charge in [0.15, 0.2) is 0 Å². The Morgan fingerprint density at radius 3 is 3.07 bits per heavy atom. The van der Waals surface area contributed by atoms with E-state index in [1.54, 1.807) is 0 Å². The van der Waals surface area contributed by atoms with E-state index < -0.39 is 0 Å². The molecular weight excluding hydrogens is 194 g/mol. The molecule has 1 aromatic heterocycles. The quantitative estimate of drug-likeness (QED) is 0.793. The van der Waals surface area contributed by atoms with Crippen LogP contribution in [-0.2, 0) is 16.5 Å². The number of hydrogen-bond acceptors (Lipinski definition) is 4. The van der Waals surface area contributed by atoms with Crippen molar-refractivity contribution in [1.82, 2.24) is 9.55 Å². The molecule has 0 saturated carbocycles. The van der Waals surface area contributed by atoms with Gasteiger partial charge in [-0.3, -0.25) is 0 Å². The van der Waals surface area contributed by atoms with Crippen LogP contribution in [0.3, 0.4) is 0 Å². The van der Waals surface area contributed by atoms with Gasteiger partial charge >= 0.3 is 0 Å². The lowest BCUT2D eigenvalue weighted by molar-refractivity contribution is -0.0819. The summed E-state index contributed by atoms with van der Waals surface area (Å²) in [5.41, 5.74) is 1.01. The summed E-state index contributed by atoms with van der Waals surface area (Å²) in [6.07, 6.45) is 2.12. The molecule has 1 saturated heterocycles. The minimum absolute atomic E-state index is 0.135. The fourth-order valence-electron chi connectivity index (χ4n) is 1.64. The standard InChI is InChI=1S/C10H17N3O2/c1-8-6-13(2)10(12-8)11-5-9-7-14-3-4-15-9/h6,9H,3-5,7H2,1-2H3,(H,11,12). The third-order valence-corrected chi connectivity index (χ3v) is 2.37. The predicted molar refractivity (Wildman–Crippen MR) is 57.0 cm³/mol. The largest absolute Gasteiger partial charge is 0.376 e. The van der Waals surface area contributed by atoms with Gasteiger partial charge < -0.3 is 19.4 Å². The van der Waals surface area contributed by atoms with Crippen molar-refractivity contribution in [2.45, 2.75) is 13.0 Å². The molecule has 1 aliphatic heterocycles. The number of nitrogens with one attached hydrogen (secondary N) is 1. The first-order valence-electron chi connectivity index (χ1n) is 5.19. The number of ether oxygens (including phenoxy) is 2. The van der Waals surface area contributed by atoms with Crippen LogP contribution in [-0.4, -0.2) is 42.0 Å². The third kappa shape index (κ3) is 2.70. The van der Waals surface area contributed by atoms with E-state index in [4.69, 9.17) is 9.47 Å². The number of rotatable bonds is 3. The molecule has 2 heterocycles. The highest BCUT2D eigenvalue weighted by Gasteiger charge is 2.14. The summed E-state index contributed by atoms with van der Waals surface area (Å²) in [7, 11) is 1.97. The Hall–Kier alpha value is -1.07. The van der Waals surface area contributed by atoms with Crippen LogP contribution in [0.25, 0.3) is 0 Å². The fraction of sp³-hybridized carbons (Fsp3) is 0.700. The molecule has 1 N–H and O–H groups in total. The van der Waals surface area contributed by atoms with E-state index in [1.165, 1.54) is 0 Å². The Labute approximate surface area is 89.4 Å². The molecule has 15 heavy (non-hydrogen) atoms. The summed E-state index contributed by atoms with van der Waals surface area (Å²) in [5.74, 6) is 0.877. The highest BCUT2D eigenvalue weighted by atomic mass is 16.6. The molecule has 5 nitrogen and oxygen atoms in total. The second kappa shape index (κ2) is 4.63. The maximum absolute atomic E-state index is 5.52. The van der Waals surface area contributed by atoms with Gasteiger partial charge in [0.2, 0.25) is 5.95 Å². The van der Waals surface area contributed by atoms with Crippen LogP contribution in [0.1, 0.15) is 5.69 Å². The summed E-state index contributed by atoms with van der Waals surface area (Å²) in [4.78, 5) is 4.35. The van der Waals surface area contributed by atoms with E-state index >= 15 is 0 Å². The minimum atomic E-state index is 0.135. The Bertz CT molecular complexity index is 318. The van der Waals surface area contributed by atoms with E-state index in [0.29, 0.717) is 19.8 Å². The summed E-state index contributed by atoms with van der Waals surface area (Å²) in [5, 5.41) is 3.25. The highest BCUT2D eigenvalue weighted by molar-refractivity contribution is 5.28. The van der Waals surface area contributed by atoms with Gasteiger partial charge in [0.05, 0.1) is 31.6 Å². The maximum atomic E-state index is 5.52. The lowest BCUT2D eigenvalue weighted by Gasteiger charge is -2.23. The molecule has 2 rings (SSSR count). The van der Waals surface area contributed by atoms with Gasteiger partial charge in [-0.2, -0.15) is 0 Å². The number of aryl methyl sites for hydroxylation is 2. The average molecular weight is 211 g/mol. The first-order chi connectivity index (χ1) is 7.25. The summed E-state index contributed by atoms with van der Waals surface area (Å²) >= 11 is 0. The summed E-state index contributed by atoms with van der Waals surface area (Å²) in [6.45, 7) is 4.77. The van der Waals surface area contributed by atoms with Gasteiger partial charge in [-0.15, -0.1) is 0 Å². The van der Waals surface area contributed by atoms with E-state index in [-0.39, 0.29) is 6.10 Å². The monoisotopic (exact) mass is 211 g/mol. The summed E-state index contributed by atoms with van der Waals surface area (Å²) in [6, 6.07) is 0. The first kappa shape index (κ1) is 10.4. The van der Waals surface area contributed by atoms with Crippen molar-refractivity contribution in [3.05, 3.63) is 11.9 Å². The Morgan fingerprint density at radius 1 is 1.60 bits per heavy atom. The van der Waals surface area contributed by atoms with Crippen LogP contribution in [0.15, 0.2) is 6.20 Å². The number of nitrogens with zero attached hydrogens (tertiary/aromatic N) is 2. The average Bonchev–Trinajstić information content (AvgIpc) is 2.56. The molecule has 0 bridgehead atoms. The molecule has 1 fully saturated rings. The van der Waals surface area contributed by atoms with Crippen molar-refractivity contribution in [2.75, 3.05) is 31.7 Å². The van der Waals surface area contributed by atoms with Crippen LogP contribution < -0.4 is 5.32 Å². The first-order valence-corrected chi connectivity index (χ1v) is 5.19. The van der Waals surface area contributed by atoms with Gasteiger partial charge in [0.1, 0.15) is 0 Å². The number of hydrogen-bond donors (Lipinski definition) is 1. The number of imidazole rings is 1. The van der Waals surface area contributed by atoms with Crippen molar-refractivity contribution < 1.29 is 9.47 Å². The second-order valence-electron chi connectivity index (χ2n) is 3.77. The Kier molecular flexibility index (Phi) is 3.23. The molecule has 1 aliphatic rings. The smallest absolute Gasteiger partial charge is 0.202 e. The molecule has 1 atom stereocenters. The van der Waals surface area contributed by atoms with E-state index in [9.17, 15) is 0 Å². The van der Waals surface area contributed by atoms with E-state index in [0.717, 1.165) is 18.2 Å². The Morgan fingerprint density at radius 2 is 2.47 bits per heavy atom. The molecule has 1 aromatic rings. The minimum Gasteiger partial charge on any atom is -0.376 e. The topological polar surface area (TPSA) is 48.3 Å². The van der Waals surface area contributed by atoms with E-state index in [1.807, 2.05) is 24.7 Å². The van der Waals surface area contributed by atoms with Crippen molar-refractivity contribution in [1.29, 1.82) is 0 Å². The third-order valence-electron chi connectivity index (χ3n) is 2.37. The zero-order valence-electron chi connectivity index (χ0n) is 9.19. The van der Waals surface area contributed by atoms with Crippen LogP contribution in [0.4, 0.5) is 5.95 Å². The molecule has 0 radical (unpaired) electrons. The molecule has 84 valence electrons. The fourth-order valence-corrected chi connectivity index (χ4v) is 1.64. The zero-order chi connectivity index (χ0) is 10.7. The maximum Gasteiger partial charge on any atom is 0.202 e. The molecule has 0 amide bonds. The van der Waals surface area contributed by atoms with Crippen LogP contribution in [0.2, 0.25) is 0 Å². The number of anilines is 1. The molecule has 0 aromatic carbocycles. The second-order valence-corrected chi connectivity index (χ2v) is 3.77.